The lowest BCUT2D eigenvalue weighted by Crippen LogP contribution is -2.61. The van der Waals surface area contributed by atoms with Crippen molar-refractivity contribution in [3.8, 4) is 11.1 Å². The van der Waals surface area contributed by atoms with Crippen LogP contribution in [0.3, 0.4) is 0 Å². The van der Waals surface area contributed by atoms with Gasteiger partial charge in [0.1, 0.15) is 30.7 Å². The molecule has 6 unspecified atom stereocenters. The molecule has 3 rings (SSSR count). The molecule has 0 aromatic heterocycles. The van der Waals surface area contributed by atoms with Crippen molar-refractivity contribution in [3.63, 3.8) is 0 Å². The van der Waals surface area contributed by atoms with E-state index in [9.17, 15) is 29.3 Å². The predicted molar refractivity (Wildman–Crippen MR) is 114 cm³/mol. The lowest BCUT2D eigenvalue weighted by atomic mass is 9.96. The highest BCUT2D eigenvalue weighted by Gasteiger charge is 2.49. The quantitative estimate of drug-likeness (QED) is 0.421. The van der Waals surface area contributed by atoms with Crippen LogP contribution in [0.4, 0.5) is 4.39 Å². The number of hydrogen-bond donors (Lipinski definition) is 3. The summed E-state index contributed by atoms with van der Waals surface area (Å²) in [5.74, 6) is -3.42. The predicted octanol–water partition coefficient (Wildman–Crippen LogP) is 1.68. The minimum absolute atomic E-state index is 0.171. The van der Waals surface area contributed by atoms with Gasteiger partial charge < -0.3 is 29.5 Å². The first-order chi connectivity index (χ1) is 15.7. The first kappa shape index (κ1) is 24.5. The fourth-order valence-corrected chi connectivity index (χ4v) is 3.37. The molecule has 2 aromatic rings. The fourth-order valence-electron chi connectivity index (χ4n) is 3.37. The van der Waals surface area contributed by atoms with Gasteiger partial charge in [-0.05, 0) is 24.1 Å². The van der Waals surface area contributed by atoms with Gasteiger partial charge in [0.25, 0.3) is 0 Å². The van der Waals surface area contributed by atoms with Gasteiger partial charge in [-0.2, -0.15) is 0 Å². The van der Waals surface area contributed by atoms with Gasteiger partial charge in [0.05, 0.1) is 5.92 Å². The van der Waals surface area contributed by atoms with Crippen molar-refractivity contribution < 1.29 is 43.5 Å². The van der Waals surface area contributed by atoms with Crippen molar-refractivity contribution in [3.05, 3.63) is 72.6 Å². The summed E-state index contributed by atoms with van der Waals surface area (Å²) < 4.78 is 29.8. The molecule has 2 aromatic carbocycles. The summed E-state index contributed by atoms with van der Waals surface area (Å²) >= 11 is 0. The zero-order chi connectivity index (χ0) is 24.1. The Bertz CT molecular complexity index is 995. The van der Waals surface area contributed by atoms with Gasteiger partial charge in [-0.3, -0.25) is 4.79 Å². The molecule has 0 spiro atoms. The van der Waals surface area contributed by atoms with Crippen LogP contribution in [0.25, 0.3) is 11.1 Å². The van der Waals surface area contributed by atoms with Crippen LogP contribution in [0, 0.1) is 5.82 Å². The van der Waals surface area contributed by atoms with Gasteiger partial charge in [-0.15, -0.1) is 0 Å². The number of hydrogen-bond acceptors (Lipinski definition) is 8. The van der Waals surface area contributed by atoms with E-state index >= 15 is 0 Å². The lowest BCUT2D eigenvalue weighted by molar-refractivity contribution is -0.287. The molecule has 0 radical (unpaired) electrons. The zero-order valence-corrected chi connectivity index (χ0v) is 17.8. The zero-order valence-electron chi connectivity index (χ0n) is 17.8. The van der Waals surface area contributed by atoms with Gasteiger partial charge in [-0.25, -0.2) is 9.18 Å². The average Bonchev–Trinajstić information content (AvgIpc) is 2.82. The van der Waals surface area contributed by atoms with E-state index in [0.717, 1.165) is 0 Å². The Balaban J connectivity index is 1.72. The Morgan fingerprint density at radius 3 is 2.45 bits per heavy atom. The highest BCUT2D eigenvalue weighted by atomic mass is 19.1. The van der Waals surface area contributed by atoms with Crippen molar-refractivity contribution >= 4 is 11.9 Å². The summed E-state index contributed by atoms with van der Waals surface area (Å²) in [7, 11) is 0. The van der Waals surface area contributed by atoms with Crippen LogP contribution in [-0.4, -0.2) is 64.6 Å². The molecule has 1 fully saturated rings. The van der Waals surface area contributed by atoms with Gasteiger partial charge in [0.2, 0.25) is 6.29 Å². The number of carbonyl (C=O) groups is 2. The van der Waals surface area contributed by atoms with E-state index in [1.54, 1.807) is 36.4 Å². The second kappa shape index (κ2) is 10.7. The number of rotatable bonds is 7. The molecule has 0 amide bonds. The fraction of sp³-hybridized carbons (Fsp3) is 0.333. The molecule has 6 atom stereocenters. The molecule has 0 aliphatic carbocycles. The Hall–Kier alpha value is -3.11. The van der Waals surface area contributed by atoms with Crippen LogP contribution in [-0.2, 0) is 23.8 Å². The van der Waals surface area contributed by atoms with Crippen LogP contribution >= 0.6 is 0 Å². The smallest absolute Gasteiger partial charge is 0.338 e. The molecule has 3 N–H and O–H groups in total. The van der Waals surface area contributed by atoms with Crippen LogP contribution < -0.4 is 0 Å². The number of carbonyl (C=O) groups excluding carboxylic acids is 2. The van der Waals surface area contributed by atoms with Gasteiger partial charge in [0, 0.05) is 5.56 Å². The maximum atomic E-state index is 14.7. The molecular formula is C24H25FO8. The summed E-state index contributed by atoms with van der Waals surface area (Å²) in [4.78, 5) is 24.7. The molecule has 176 valence electrons. The van der Waals surface area contributed by atoms with E-state index in [1.165, 1.54) is 19.1 Å². The number of esters is 2. The molecule has 8 nitrogen and oxygen atoms in total. The third-order valence-corrected chi connectivity index (χ3v) is 5.31. The SMILES string of the molecule is C=CCOC(=O)C1OC(OC(=O)C(C)c2ccc(-c3ccccc3)c(F)c2)C(O)C(O)C1O. The summed E-state index contributed by atoms with van der Waals surface area (Å²) in [6, 6.07) is 13.2. The number of aliphatic hydroxyl groups is 3. The van der Waals surface area contributed by atoms with Crippen molar-refractivity contribution in [1.82, 2.24) is 0 Å². The van der Waals surface area contributed by atoms with Crippen molar-refractivity contribution in [2.75, 3.05) is 6.61 Å². The van der Waals surface area contributed by atoms with Gasteiger partial charge >= 0.3 is 11.9 Å². The summed E-state index contributed by atoms with van der Waals surface area (Å²) in [6.45, 7) is 4.69. The molecule has 33 heavy (non-hydrogen) atoms. The van der Waals surface area contributed by atoms with Crippen LogP contribution in [0.15, 0.2) is 61.2 Å². The molecule has 1 saturated heterocycles. The third kappa shape index (κ3) is 5.45. The molecule has 1 aliphatic heterocycles. The second-order valence-electron chi connectivity index (χ2n) is 7.58. The average molecular weight is 460 g/mol. The number of aliphatic hydroxyl groups excluding tert-OH is 3. The number of benzene rings is 2. The summed E-state index contributed by atoms with van der Waals surface area (Å²) in [5, 5.41) is 30.2. The highest BCUT2D eigenvalue weighted by molar-refractivity contribution is 5.79. The molecule has 1 heterocycles. The Labute approximate surface area is 189 Å². The van der Waals surface area contributed by atoms with E-state index in [-0.39, 0.29) is 6.61 Å². The van der Waals surface area contributed by atoms with Gasteiger partial charge in [-0.1, -0.05) is 55.1 Å². The Morgan fingerprint density at radius 1 is 1.12 bits per heavy atom. The van der Waals surface area contributed by atoms with Crippen LogP contribution in [0.1, 0.15) is 18.4 Å². The van der Waals surface area contributed by atoms with E-state index in [2.05, 4.69) is 6.58 Å². The largest absolute Gasteiger partial charge is 0.459 e. The number of halogens is 1. The molecule has 1 aliphatic rings. The van der Waals surface area contributed by atoms with E-state index in [1.807, 2.05) is 6.07 Å². The van der Waals surface area contributed by atoms with E-state index in [4.69, 9.17) is 14.2 Å². The standard InChI is InChI=1S/C24H25FO8/c1-3-11-31-23(30)21-19(27)18(26)20(28)24(32-21)33-22(29)13(2)15-9-10-16(17(25)12-15)14-7-5-4-6-8-14/h3-10,12-13,18-21,24,26-28H,1,11H2,2H3. The topological polar surface area (TPSA) is 123 Å². The maximum Gasteiger partial charge on any atom is 0.338 e. The van der Waals surface area contributed by atoms with E-state index in [0.29, 0.717) is 16.7 Å². The van der Waals surface area contributed by atoms with Gasteiger partial charge in [0.15, 0.2) is 6.10 Å². The highest BCUT2D eigenvalue weighted by Crippen LogP contribution is 2.29. The minimum atomic E-state index is -1.84. The molecule has 9 heteroatoms. The Morgan fingerprint density at radius 2 is 1.82 bits per heavy atom. The summed E-state index contributed by atoms with van der Waals surface area (Å²) in [6.07, 6.45) is -7.62. The van der Waals surface area contributed by atoms with Crippen molar-refractivity contribution in [1.29, 1.82) is 0 Å². The minimum Gasteiger partial charge on any atom is -0.459 e. The summed E-state index contributed by atoms with van der Waals surface area (Å²) in [5.41, 5.74) is 1.35. The van der Waals surface area contributed by atoms with Crippen molar-refractivity contribution in [2.24, 2.45) is 0 Å². The second-order valence-corrected chi connectivity index (χ2v) is 7.58. The first-order valence-electron chi connectivity index (χ1n) is 10.3. The maximum absolute atomic E-state index is 14.7. The molecule has 0 saturated carbocycles. The molecule has 0 bridgehead atoms. The normalized spacial score (nSPS) is 25.7. The lowest BCUT2D eigenvalue weighted by Gasteiger charge is -2.38. The van der Waals surface area contributed by atoms with Crippen molar-refractivity contribution in [2.45, 2.75) is 43.5 Å². The van der Waals surface area contributed by atoms with Crippen LogP contribution in [0.2, 0.25) is 0 Å². The monoisotopic (exact) mass is 460 g/mol. The van der Waals surface area contributed by atoms with E-state index < -0.39 is 54.4 Å². The third-order valence-electron chi connectivity index (χ3n) is 5.31. The Kier molecular flexibility index (Phi) is 7.93. The number of ether oxygens (including phenoxy) is 3. The first-order valence-corrected chi connectivity index (χ1v) is 10.3. The van der Waals surface area contributed by atoms with Crippen LogP contribution in [0.5, 0.6) is 0 Å². The molecular weight excluding hydrogens is 435 g/mol.